The SMILES string of the molecule is Cc1ccc(C2CCN(C(=O)Nc3ccc4cc(CN5CCC(c6ccc(Cl)cc6)CC5)ccc4c3)CC2)cc1. The molecule has 4 aromatic carbocycles. The van der Waals surface area contributed by atoms with E-state index in [-0.39, 0.29) is 6.03 Å². The first-order chi connectivity index (χ1) is 19.5. The lowest BCUT2D eigenvalue weighted by Crippen LogP contribution is -2.40. The minimum Gasteiger partial charge on any atom is -0.324 e. The highest BCUT2D eigenvalue weighted by atomic mass is 35.5. The van der Waals surface area contributed by atoms with Crippen LogP contribution in [0.2, 0.25) is 5.02 Å². The van der Waals surface area contributed by atoms with Crippen molar-refractivity contribution in [1.29, 1.82) is 0 Å². The molecule has 2 heterocycles. The van der Waals surface area contributed by atoms with Crippen LogP contribution in [0.3, 0.4) is 0 Å². The van der Waals surface area contributed by atoms with E-state index in [1.165, 1.54) is 40.5 Å². The zero-order chi connectivity index (χ0) is 27.5. The summed E-state index contributed by atoms with van der Waals surface area (Å²) in [6.07, 6.45) is 4.38. The number of rotatable bonds is 5. The maximum Gasteiger partial charge on any atom is 0.321 e. The third-order valence-corrected chi connectivity index (χ3v) is 9.07. The number of benzene rings is 4. The maximum absolute atomic E-state index is 13.0. The van der Waals surface area contributed by atoms with Crippen molar-refractivity contribution < 1.29 is 4.79 Å². The molecule has 4 aromatic rings. The van der Waals surface area contributed by atoms with Gasteiger partial charge in [-0.15, -0.1) is 0 Å². The van der Waals surface area contributed by atoms with Crippen molar-refractivity contribution in [2.45, 2.75) is 51.0 Å². The molecule has 4 nitrogen and oxygen atoms in total. The van der Waals surface area contributed by atoms with Crippen LogP contribution in [0, 0.1) is 6.92 Å². The standard InChI is InChI=1S/C35H38ClN3O/c1-25-2-5-27(6-3-25)30-16-20-39(21-17-30)35(40)37-34-13-10-31-22-26(4-7-32(31)23-34)24-38-18-14-29(15-19-38)28-8-11-33(36)12-9-28/h2-13,22-23,29-30H,14-21,24H2,1H3,(H,37,40). The summed E-state index contributed by atoms with van der Waals surface area (Å²) in [5.74, 6) is 1.16. The van der Waals surface area contributed by atoms with E-state index in [0.29, 0.717) is 11.8 Å². The van der Waals surface area contributed by atoms with Gasteiger partial charge in [0.05, 0.1) is 0 Å². The molecule has 1 N–H and O–H groups in total. The first-order valence-corrected chi connectivity index (χ1v) is 15.0. The maximum atomic E-state index is 13.0. The van der Waals surface area contributed by atoms with Crippen molar-refractivity contribution in [3.8, 4) is 0 Å². The number of piperidine rings is 2. The number of aryl methyl sites for hydroxylation is 1. The molecular weight excluding hydrogens is 514 g/mol. The number of anilines is 1. The number of hydrogen-bond acceptors (Lipinski definition) is 2. The Balaban J connectivity index is 1.01. The number of nitrogens with one attached hydrogen (secondary N) is 1. The van der Waals surface area contributed by atoms with Crippen LogP contribution in [0.4, 0.5) is 10.5 Å². The summed E-state index contributed by atoms with van der Waals surface area (Å²) in [6.45, 7) is 6.89. The van der Waals surface area contributed by atoms with E-state index < -0.39 is 0 Å². The van der Waals surface area contributed by atoms with Gasteiger partial charge in [0.1, 0.15) is 0 Å². The lowest BCUT2D eigenvalue weighted by atomic mass is 9.89. The molecule has 6 rings (SSSR count). The Morgan fingerprint density at radius 2 is 1.32 bits per heavy atom. The highest BCUT2D eigenvalue weighted by Gasteiger charge is 2.24. The minimum absolute atomic E-state index is 0.000305. The van der Waals surface area contributed by atoms with Gasteiger partial charge >= 0.3 is 6.03 Å². The Morgan fingerprint density at radius 3 is 2.00 bits per heavy atom. The summed E-state index contributed by atoms with van der Waals surface area (Å²) in [6, 6.07) is 30.2. The number of fused-ring (bicyclic) bond motifs is 1. The number of nitrogens with zero attached hydrogens (tertiary/aromatic N) is 2. The van der Waals surface area contributed by atoms with Gasteiger partial charge in [0, 0.05) is 30.3 Å². The van der Waals surface area contributed by atoms with Crippen molar-refractivity contribution in [1.82, 2.24) is 9.80 Å². The Labute approximate surface area is 242 Å². The molecule has 0 atom stereocenters. The van der Waals surface area contributed by atoms with Gasteiger partial charge in [-0.25, -0.2) is 4.79 Å². The van der Waals surface area contributed by atoms with Crippen LogP contribution in [0.1, 0.15) is 59.8 Å². The molecule has 2 saturated heterocycles. The molecule has 0 unspecified atom stereocenters. The van der Waals surface area contributed by atoms with Gasteiger partial charge in [-0.2, -0.15) is 0 Å². The van der Waals surface area contributed by atoms with Gasteiger partial charge < -0.3 is 10.2 Å². The molecule has 0 radical (unpaired) electrons. The lowest BCUT2D eigenvalue weighted by Gasteiger charge is -2.32. The fourth-order valence-electron chi connectivity index (χ4n) is 6.35. The fourth-order valence-corrected chi connectivity index (χ4v) is 6.47. The van der Waals surface area contributed by atoms with E-state index in [9.17, 15) is 4.79 Å². The Kier molecular flexibility index (Phi) is 8.08. The van der Waals surface area contributed by atoms with Crippen molar-refractivity contribution >= 4 is 34.1 Å². The number of hydrogen-bond donors (Lipinski definition) is 1. The monoisotopic (exact) mass is 551 g/mol. The molecule has 2 aliphatic heterocycles. The molecule has 0 aromatic heterocycles. The third-order valence-electron chi connectivity index (χ3n) is 8.82. The topological polar surface area (TPSA) is 35.6 Å². The first kappa shape index (κ1) is 26.9. The van der Waals surface area contributed by atoms with Crippen molar-refractivity contribution in [3.05, 3.63) is 112 Å². The molecule has 5 heteroatoms. The highest BCUT2D eigenvalue weighted by molar-refractivity contribution is 6.30. The summed E-state index contributed by atoms with van der Waals surface area (Å²) in [4.78, 5) is 17.5. The van der Waals surface area contributed by atoms with Gasteiger partial charge in [-0.05, 0) is 115 Å². The number of carbonyl (C=O) groups is 1. The molecule has 0 saturated carbocycles. The number of likely N-dealkylation sites (tertiary alicyclic amines) is 2. The van der Waals surface area contributed by atoms with Crippen LogP contribution < -0.4 is 5.32 Å². The number of halogens is 1. The van der Waals surface area contributed by atoms with E-state index in [2.05, 4.69) is 83.9 Å². The van der Waals surface area contributed by atoms with Gasteiger partial charge in [0.15, 0.2) is 0 Å². The summed E-state index contributed by atoms with van der Waals surface area (Å²) in [7, 11) is 0. The van der Waals surface area contributed by atoms with E-state index in [0.717, 1.165) is 61.7 Å². The van der Waals surface area contributed by atoms with Crippen LogP contribution in [0.5, 0.6) is 0 Å². The average Bonchev–Trinajstić information content (AvgIpc) is 2.98. The van der Waals surface area contributed by atoms with E-state index >= 15 is 0 Å². The normalized spacial score (nSPS) is 17.3. The van der Waals surface area contributed by atoms with Crippen molar-refractivity contribution in [2.24, 2.45) is 0 Å². The van der Waals surface area contributed by atoms with E-state index in [4.69, 9.17) is 11.6 Å². The Morgan fingerprint density at radius 1 is 0.750 bits per heavy atom. The Hall–Kier alpha value is -3.34. The Bertz CT molecular complexity index is 1450. The molecule has 0 bridgehead atoms. The summed E-state index contributed by atoms with van der Waals surface area (Å²) in [5.41, 5.74) is 6.28. The fraction of sp³-hybridized carbons (Fsp3) is 0.343. The average molecular weight is 552 g/mol. The zero-order valence-corrected chi connectivity index (χ0v) is 24.0. The molecule has 2 amide bonds. The van der Waals surface area contributed by atoms with Crippen LogP contribution in [-0.2, 0) is 6.54 Å². The third kappa shape index (κ3) is 6.35. The van der Waals surface area contributed by atoms with Crippen molar-refractivity contribution in [3.63, 3.8) is 0 Å². The molecule has 2 aliphatic rings. The molecule has 0 spiro atoms. The summed E-state index contributed by atoms with van der Waals surface area (Å²) >= 11 is 6.07. The largest absolute Gasteiger partial charge is 0.324 e. The van der Waals surface area contributed by atoms with Crippen LogP contribution >= 0.6 is 11.6 Å². The molecule has 206 valence electrons. The number of amides is 2. The van der Waals surface area contributed by atoms with Gasteiger partial charge in [0.2, 0.25) is 0 Å². The molecule has 40 heavy (non-hydrogen) atoms. The number of carbonyl (C=O) groups excluding carboxylic acids is 1. The number of urea groups is 1. The predicted octanol–water partition coefficient (Wildman–Crippen LogP) is 8.59. The smallest absolute Gasteiger partial charge is 0.321 e. The van der Waals surface area contributed by atoms with Crippen molar-refractivity contribution in [2.75, 3.05) is 31.5 Å². The minimum atomic E-state index is 0.000305. The van der Waals surface area contributed by atoms with E-state index in [1.807, 2.05) is 23.1 Å². The zero-order valence-electron chi connectivity index (χ0n) is 23.3. The van der Waals surface area contributed by atoms with Gasteiger partial charge in [0.25, 0.3) is 0 Å². The molecular formula is C35H38ClN3O. The second kappa shape index (κ2) is 12.0. The van der Waals surface area contributed by atoms with E-state index in [1.54, 1.807) is 0 Å². The second-order valence-corrected chi connectivity index (χ2v) is 12.0. The predicted molar refractivity (Wildman–Crippen MR) is 166 cm³/mol. The van der Waals surface area contributed by atoms with Gasteiger partial charge in [-0.1, -0.05) is 71.8 Å². The van der Waals surface area contributed by atoms with Crippen LogP contribution in [-0.4, -0.2) is 42.0 Å². The molecule has 0 aliphatic carbocycles. The van der Waals surface area contributed by atoms with Crippen LogP contribution in [0.25, 0.3) is 10.8 Å². The quantitative estimate of drug-likeness (QED) is 0.269. The lowest BCUT2D eigenvalue weighted by molar-refractivity contribution is 0.194. The van der Waals surface area contributed by atoms with Crippen LogP contribution in [0.15, 0.2) is 84.9 Å². The summed E-state index contributed by atoms with van der Waals surface area (Å²) in [5, 5.41) is 6.31. The first-order valence-electron chi connectivity index (χ1n) is 14.6. The molecule has 2 fully saturated rings. The summed E-state index contributed by atoms with van der Waals surface area (Å²) < 4.78 is 0. The highest BCUT2D eigenvalue weighted by Crippen LogP contribution is 2.31. The van der Waals surface area contributed by atoms with Gasteiger partial charge in [-0.3, -0.25) is 4.90 Å². The second-order valence-electron chi connectivity index (χ2n) is 11.6.